The Bertz CT molecular complexity index is 675. The summed E-state index contributed by atoms with van der Waals surface area (Å²) in [5, 5.41) is 7.62. The highest BCUT2D eigenvalue weighted by molar-refractivity contribution is 5.81. The molecule has 26 heavy (non-hydrogen) atoms. The summed E-state index contributed by atoms with van der Waals surface area (Å²) < 4.78 is 1.98. The highest BCUT2D eigenvalue weighted by atomic mass is 16.2. The van der Waals surface area contributed by atoms with E-state index in [4.69, 9.17) is 0 Å². The Morgan fingerprint density at radius 1 is 1.19 bits per heavy atom. The van der Waals surface area contributed by atoms with E-state index in [9.17, 15) is 9.59 Å². The van der Waals surface area contributed by atoms with Gasteiger partial charge in [-0.15, -0.1) is 0 Å². The first-order valence-corrected chi connectivity index (χ1v) is 9.98. The summed E-state index contributed by atoms with van der Waals surface area (Å²) in [6.45, 7) is 6.57. The van der Waals surface area contributed by atoms with Gasteiger partial charge < -0.3 is 10.2 Å². The molecule has 142 valence electrons. The van der Waals surface area contributed by atoms with Crippen LogP contribution in [0.4, 0.5) is 0 Å². The zero-order valence-electron chi connectivity index (χ0n) is 15.6. The Balaban J connectivity index is 1.31. The fraction of sp³-hybridized carbons (Fsp3) is 0.737. The molecule has 3 aliphatic rings. The fourth-order valence-electron chi connectivity index (χ4n) is 4.13. The summed E-state index contributed by atoms with van der Waals surface area (Å²) in [5.41, 5.74) is 1.95. The molecule has 0 unspecified atom stereocenters. The van der Waals surface area contributed by atoms with Gasteiger partial charge in [-0.2, -0.15) is 5.10 Å². The van der Waals surface area contributed by atoms with E-state index >= 15 is 0 Å². The molecule has 2 aliphatic heterocycles. The van der Waals surface area contributed by atoms with Crippen molar-refractivity contribution in [2.24, 2.45) is 5.92 Å². The van der Waals surface area contributed by atoms with Gasteiger partial charge in [0.2, 0.25) is 11.8 Å². The molecule has 1 aromatic rings. The molecule has 2 fully saturated rings. The Morgan fingerprint density at radius 2 is 1.96 bits per heavy atom. The molecule has 7 heteroatoms. The molecular formula is C19H29N5O2. The molecule has 3 heterocycles. The Hall–Kier alpha value is -1.89. The molecule has 1 saturated carbocycles. The summed E-state index contributed by atoms with van der Waals surface area (Å²) in [7, 11) is 0. The van der Waals surface area contributed by atoms with Crippen LogP contribution in [0.1, 0.15) is 50.4 Å². The van der Waals surface area contributed by atoms with Crippen LogP contribution in [0.2, 0.25) is 0 Å². The highest BCUT2D eigenvalue weighted by Crippen LogP contribution is 2.29. The van der Waals surface area contributed by atoms with E-state index in [2.05, 4.69) is 15.3 Å². The number of rotatable bonds is 5. The highest BCUT2D eigenvalue weighted by Gasteiger charge is 2.31. The van der Waals surface area contributed by atoms with Crippen molar-refractivity contribution in [1.82, 2.24) is 24.9 Å². The summed E-state index contributed by atoms with van der Waals surface area (Å²) in [5.74, 6) is 0.618. The van der Waals surface area contributed by atoms with Gasteiger partial charge in [-0.25, -0.2) is 0 Å². The second-order valence-electron chi connectivity index (χ2n) is 7.87. The summed E-state index contributed by atoms with van der Waals surface area (Å²) in [4.78, 5) is 29.0. The van der Waals surface area contributed by atoms with Gasteiger partial charge in [-0.3, -0.25) is 19.2 Å². The summed E-state index contributed by atoms with van der Waals surface area (Å²) in [6, 6.07) is 1.95. The average Bonchev–Trinajstić information content (AvgIpc) is 3.25. The number of nitrogens with one attached hydrogen (secondary N) is 1. The predicted molar refractivity (Wildman–Crippen MR) is 97.1 cm³/mol. The van der Waals surface area contributed by atoms with E-state index in [1.165, 1.54) is 19.3 Å². The molecule has 1 aliphatic carbocycles. The quantitative estimate of drug-likeness (QED) is 0.855. The fourth-order valence-corrected chi connectivity index (χ4v) is 4.13. The first-order chi connectivity index (χ1) is 12.6. The van der Waals surface area contributed by atoms with Crippen molar-refractivity contribution in [3.63, 3.8) is 0 Å². The third kappa shape index (κ3) is 3.49. The number of hydrogen-bond donors (Lipinski definition) is 1. The van der Waals surface area contributed by atoms with Gasteiger partial charge in [0.25, 0.3) is 0 Å². The number of amides is 2. The van der Waals surface area contributed by atoms with Crippen LogP contribution in [-0.2, 0) is 29.2 Å². The number of fused-ring (bicyclic) bond motifs is 1. The molecule has 0 bridgehead atoms. The maximum atomic E-state index is 12.4. The number of nitrogens with zero attached hydrogens (tertiary/aromatic N) is 4. The van der Waals surface area contributed by atoms with Gasteiger partial charge in [-0.05, 0) is 51.8 Å². The van der Waals surface area contributed by atoms with Crippen molar-refractivity contribution in [1.29, 1.82) is 0 Å². The minimum atomic E-state index is -0.0784. The minimum Gasteiger partial charge on any atom is -0.349 e. The molecule has 0 radical (unpaired) electrons. The summed E-state index contributed by atoms with van der Waals surface area (Å²) >= 11 is 0. The maximum Gasteiger partial charge on any atom is 0.237 e. The SMILES string of the molecule is C[C@@H](C(=O)NCc1cc2n(n1)CCN(C(=O)C1CCC1)C2)N1CCCC1. The van der Waals surface area contributed by atoms with Crippen molar-refractivity contribution in [3.05, 3.63) is 17.5 Å². The van der Waals surface area contributed by atoms with Gasteiger partial charge in [0.15, 0.2) is 0 Å². The van der Waals surface area contributed by atoms with Gasteiger partial charge in [0, 0.05) is 12.5 Å². The van der Waals surface area contributed by atoms with Crippen LogP contribution in [0.5, 0.6) is 0 Å². The lowest BCUT2D eigenvalue weighted by atomic mass is 9.84. The number of aromatic nitrogens is 2. The minimum absolute atomic E-state index is 0.0691. The lowest BCUT2D eigenvalue weighted by Crippen LogP contribution is -2.43. The lowest BCUT2D eigenvalue weighted by Gasteiger charge is -2.34. The number of carbonyl (C=O) groups excluding carboxylic acids is 2. The van der Waals surface area contributed by atoms with Crippen molar-refractivity contribution >= 4 is 11.8 Å². The van der Waals surface area contributed by atoms with Crippen molar-refractivity contribution in [2.75, 3.05) is 19.6 Å². The average molecular weight is 359 g/mol. The number of likely N-dealkylation sites (tertiary alicyclic amines) is 1. The first kappa shape index (κ1) is 17.5. The molecule has 7 nitrogen and oxygen atoms in total. The summed E-state index contributed by atoms with van der Waals surface area (Å²) in [6.07, 6.45) is 5.63. The van der Waals surface area contributed by atoms with Crippen LogP contribution >= 0.6 is 0 Å². The zero-order chi connectivity index (χ0) is 18.1. The van der Waals surface area contributed by atoms with E-state index < -0.39 is 0 Å². The third-order valence-corrected chi connectivity index (χ3v) is 6.13. The molecule has 4 rings (SSSR count). The Kier molecular flexibility index (Phi) is 4.98. The van der Waals surface area contributed by atoms with Gasteiger partial charge >= 0.3 is 0 Å². The van der Waals surface area contributed by atoms with Crippen LogP contribution in [0.25, 0.3) is 0 Å². The molecule has 1 atom stereocenters. The number of hydrogen-bond acceptors (Lipinski definition) is 4. The smallest absolute Gasteiger partial charge is 0.237 e. The van der Waals surface area contributed by atoms with E-state index in [0.29, 0.717) is 19.0 Å². The van der Waals surface area contributed by atoms with Crippen molar-refractivity contribution < 1.29 is 9.59 Å². The molecule has 1 saturated heterocycles. The molecule has 1 N–H and O–H groups in total. The van der Waals surface area contributed by atoms with Gasteiger partial charge in [0.1, 0.15) is 0 Å². The third-order valence-electron chi connectivity index (χ3n) is 6.13. The topological polar surface area (TPSA) is 70.5 Å². The van der Waals surface area contributed by atoms with Crippen molar-refractivity contribution in [2.45, 2.75) is 64.7 Å². The second kappa shape index (κ2) is 7.39. The monoisotopic (exact) mass is 359 g/mol. The van der Waals surface area contributed by atoms with Crippen LogP contribution < -0.4 is 5.32 Å². The zero-order valence-corrected chi connectivity index (χ0v) is 15.6. The van der Waals surface area contributed by atoms with Crippen LogP contribution in [-0.4, -0.2) is 57.1 Å². The van der Waals surface area contributed by atoms with Gasteiger partial charge in [0.05, 0.1) is 37.1 Å². The van der Waals surface area contributed by atoms with E-state index in [0.717, 1.165) is 50.4 Å². The maximum absolute atomic E-state index is 12.4. The molecule has 0 spiro atoms. The Morgan fingerprint density at radius 3 is 2.65 bits per heavy atom. The first-order valence-electron chi connectivity index (χ1n) is 9.98. The normalized spacial score (nSPS) is 22.0. The predicted octanol–water partition coefficient (Wildman–Crippen LogP) is 1.13. The lowest BCUT2D eigenvalue weighted by molar-refractivity contribution is -0.139. The van der Waals surface area contributed by atoms with E-state index in [-0.39, 0.29) is 17.9 Å². The molecular weight excluding hydrogens is 330 g/mol. The van der Waals surface area contributed by atoms with Crippen molar-refractivity contribution in [3.8, 4) is 0 Å². The van der Waals surface area contributed by atoms with Crippen LogP contribution in [0.15, 0.2) is 6.07 Å². The second-order valence-corrected chi connectivity index (χ2v) is 7.87. The Labute approximate surface area is 154 Å². The van der Waals surface area contributed by atoms with Crippen LogP contribution in [0, 0.1) is 5.92 Å². The molecule has 0 aromatic carbocycles. The molecule has 2 amide bonds. The standard InChI is InChI=1S/C19H29N5O2/c1-14(22-7-2-3-8-22)18(25)20-12-16-11-17-13-23(9-10-24(17)21-16)19(26)15-5-4-6-15/h11,14-15H,2-10,12-13H2,1H3,(H,20,25)/t14-/m0/s1. The largest absolute Gasteiger partial charge is 0.349 e. The number of carbonyl (C=O) groups is 2. The van der Waals surface area contributed by atoms with E-state index in [1.54, 1.807) is 0 Å². The van der Waals surface area contributed by atoms with Gasteiger partial charge in [-0.1, -0.05) is 6.42 Å². The van der Waals surface area contributed by atoms with E-state index in [1.807, 2.05) is 22.6 Å². The molecule has 1 aromatic heterocycles. The van der Waals surface area contributed by atoms with Crippen LogP contribution in [0.3, 0.4) is 0 Å².